The van der Waals surface area contributed by atoms with Crippen molar-refractivity contribution in [2.75, 3.05) is 0 Å². The normalized spacial score (nSPS) is 1.33. The monoisotopic (exact) mass is 425 g/mol. The average Bonchev–Trinajstić information content (AvgIpc) is 1.50. The van der Waals surface area contributed by atoms with Gasteiger partial charge in [0.05, 0.1) is 0 Å². The van der Waals surface area contributed by atoms with Crippen LogP contribution in [0.1, 0.15) is 0 Å². The zero-order valence-corrected chi connectivity index (χ0v) is 10.7. The molecule has 0 spiro atoms. The van der Waals surface area contributed by atoms with Crippen LogP contribution in [-0.4, -0.2) is 48.8 Å². The van der Waals surface area contributed by atoms with E-state index in [1.54, 1.807) is 0 Å². The Morgan fingerprint density at radius 2 is 1.17 bits per heavy atom. The van der Waals surface area contributed by atoms with E-state index in [0.717, 1.165) is 0 Å². The topological polar surface area (TPSA) is 62.6 Å². The van der Waals surface area contributed by atoms with Crippen LogP contribution in [0.15, 0.2) is 0 Å². The summed E-state index contributed by atoms with van der Waals surface area (Å²) in [5.41, 5.74) is 0. The summed E-state index contributed by atoms with van der Waals surface area (Å²) in [7, 11) is 0. The summed E-state index contributed by atoms with van der Waals surface area (Å²) in [6.07, 6.45) is 0. The maximum atomic E-state index is 8.39. The van der Waals surface area contributed by atoms with Crippen molar-refractivity contribution in [1.82, 2.24) is 0 Å². The molecule has 0 saturated carbocycles. The molecule has 0 fully saturated rings. The van der Waals surface area contributed by atoms with Crippen molar-refractivity contribution in [3.05, 3.63) is 0 Å². The number of hydrogen-bond donors (Lipinski definition) is 0. The van der Waals surface area contributed by atoms with Gasteiger partial charge in [0.2, 0.25) is 0 Å². The summed E-state index contributed by atoms with van der Waals surface area (Å²) in [5.74, 6) is 0. The third-order valence-corrected chi connectivity index (χ3v) is 0. The maximum absolute atomic E-state index is 8.39. The molecule has 0 amide bonds. The summed E-state index contributed by atoms with van der Waals surface area (Å²) in [6, 6.07) is 0. The summed E-state index contributed by atoms with van der Waals surface area (Å²) >= 11 is 0.556. The van der Waals surface area contributed by atoms with Crippen LogP contribution in [0.3, 0.4) is 0 Å². The van der Waals surface area contributed by atoms with Gasteiger partial charge in [-0.15, -0.1) is 0 Å². The molecule has 0 aliphatic rings. The second-order valence-electron chi connectivity index (χ2n) is 0. The molecule has 0 aromatic heterocycles. The predicted molar refractivity (Wildman–Crippen MR) is 13.6 cm³/mol. The first-order valence-electron chi connectivity index (χ1n) is 0.387. The molecule has 3 nitrogen and oxygen atoms in total. The predicted octanol–water partition coefficient (Wildman–Crippen LogP) is -1.12. The minimum atomic E-state index is 0. The Balaban J connectivity index is -0.00000000500. The summed E-state index contributed by atoms with van der Waals surface area (Å²) in [4.78, 5) is 0. The van der Waals surface area contributed by atoms with Gasteiger partial charge in [-0.25, -0.2) is 0 Å². The SMILES string of the molecule is [O-2].[O]=[Pb].[O]=[Sb+].[Ti+4]. The fraction of sp³-hybridized carbons (Fsp3) is 0. The first-order chi connectivity index (χ1) is 2.00. The second-order valence-corrected chi connectivity index (χ2v) is 0. The molecule has 0 N–H and O–H groups in total. The minimum absolute atomic E-state index is 0. The van der Waals surface area contributed by atoms with E-state index in [9.17, 15) is 0 Å². The molecule has 0 atom stereocenters. The summed E-state index contributed by atoms with van der Waals surface area (Å²) < 4.78 is 16.7. The molecule has 0 heterocycles. The second kappa shape index (κ2) is 62.5. The molecular weight excluding hydrogens is 425 g/mol. The Bertz CT molecular complexity index is 12.8. The Kier molecular flexibility index (Phi) is 255. The third-order valence-electron chi connectivity index (χ3n) is 0. The van der Waals surface area contributed by atoms with Crippen LogP contribution in [0, 0.1) is 0 Å². The van der Waals surface area contributed by atoms with E-state index in [1.165, 1.54) is 0 Å². The van der Waals surface area contributed by atoms with E-state index in [4.69, 9.17) is 5.70 Å². The van der Waals surface area contributed by atoms with Gasteiger partial charge in [-0.05, 0) is 0 Å². The van der Waals surface area contributed by atoms with Crippen molar-refractivity contribution in [3.63, 3.8) is 0 Å². The third kappa shape index (κ3) is 37.3. The zero-order valence-electron chi connectivity index (χ0n) is 2.67. The van der Waals surface area contributed by atoms with Gasteiger partial charge in [0.1, 0.15) is 0 Å². The van der Waals surface area contributed by atoms with Crippen molar-refractivity contribution in [2.45, 2.75) is 0 Å². The first kappa shape index (κ1) is 24.5. The van der Waals surface area contributed by atoms with Crippen LogP contribution in [0.2, 0.25) is 0 Å². The van der Waals surface area contributed by atoms with Crippen molar-refractivity contribution in [3.8, 4) is 0 Å². The van der Waals surface area contributed by atoms with Crippen molar-refractivity contribution in [2.24, 2.45) is 0 Å². The molecule has 0 unspecified atom stereocenters. The Hall–Kier alpha value is 2.01. The van der Waals surface area contributed by atoms with Gasteiger partial charge in [-0.3, -0.25) is 0 Å². The molecule has 28 valence electrons. The van der Waals surface area contributed by atoms with Gasteiger partial charge >= 0.3 is 76.2 Å². The molecule has 0 aliphatic carbocycles. The number of hydrogen-bond acceptors (Lipinski definition) is 2. The smallest absolute Gasteiger partial charge is 4.00 e. The van der Waals surface area contributed by atoms with E-state index in [0.29, 0.717) is 23.0 Å². The molecule has 6 heteroatoms. The molecule has 0 aromatic carbocycles. The van der Waals surface area contributed by atoms with Gasteiger partial charge in [0.25, 0.3) is 0 Å². The van der Waals surface area contributed by atoms with Crippen LogP contribution in [0.25, 0.3) is 0 Å². The van der Waals surface area contributed by atoms with Crippen molar-refractivity contribution >= 4 is 48.8 Å². The number of rotatable bonds is 0. The van der Waals surface area contributed by atoms with Gasteiger partial charge in [-0.2, -0.15) is 0 Å². The van der Waals surface area contributed by atoms with Crippen molar-refractivity contribution < 1.29 is 32.9 Å². The minimum Gasteiger partial charge on any atom is 4.00 e. The van der Waals surface area contributed by atoms with Gasteiger partial charge in [0.15, 0.2) is 0 Å². The molecular formula is O3PbSbTi+3. The fourth-order valence-corrected chi connectivity index (χ4v) is 0. The van der Waals surface area contributed by atoms with Crippen molar-refractivity contribution in [1.29, 1.82) is 0 Å². The Labute approximate surface area is 80.5 Å². The molecule has 6 heavy (non-hydrogen) atoms. The summed E-state index contributed by atoms with van der Waals surface area (Å²) in [5, 5.41) is 0. The van der Waals surface area contributed by atoms with E-state index in [1.807, 2.05) is 0 Å². The molecule has 0 saturated heterocycles. The molecule has 0 aromatic rings. The molecule has 0 bridgehead atoms. The van der Waals surface area contributed by atoms with Crippen LogP contribution < -0.4 is 0 Å². The fourth-order valence-electron chi connectivity index (χ4n) is 0. The average molecular weight is 425 g/mol. The first-order valence-corrected chi connectivity index (χ1v) is 3.02. The maximum Gasteiger partial charge on any atom is 4.00 e. The summed E-state index contributed by atoms with van der Waals surface area (Å²) in [6.45, 7) is 0. The molecule has 0 rings (SSSR count). The quantitative estimate of drug-likeness (QED) is 0.462. The zero-order chi connectivity index (χ0) is 4.00. The molecule has 4 radical (unpaired) electrons. The van der Waals surface area contributed by atoms with Crippen LogP contribution in [-0.2, 0) is 32.9 Å². The molecule has 0 aliphatic heterocycles. The van der Waals surface area contributed by atoms with Gasteiger partial charge in [-0.1, -0.05) is 0 Å². The Morgan fingerprint density at radius 1 is 1.17 bits per heavy atom. The van der Waals surface area contributed by atoms with E-state index in [-0.39, 0.29) is 53.0 Å². The van der Waals surface area contributed by atoms with Crippen LogP contribution >= 0.6 is 0 Å². The van der Waals surface area contributed by atoms with Gasteiger partial charge < -0.3 is 5.48 Å². The standard InChI is InChI=1S/3O.Pb.Sb.Ti/q;;-2;;+1;+4. The van der Waals surface area contributed by atoms with Gasteiger partial charge in [0, 0.05) is 0 Å². The van der Waals surface area contributed by atoms with Crippen LogP contribution in [0.4, 0.5) is 0 Å². The van der Waals surface area contributed by atoms with E-state index >= 15 is 0 Å². The van der Waals surface area contributed by atoms with Crippen LogP contribution in [0.5, 0.6) is 0 Å². The largest absolute Gasteiger partial charge is 4.00 e. The van der Waals surface area contributed by atoms with E-state index in [2.05, 4.69) is 0 Å². The van der Waals surface area contributed by atoms with E-state index < -0.39 is 0 Å². The Morgan fingerprint density at radius 3 is 1.17 bits per heavy atom.